The van der Waals surface area contributed by atoms with Gasteiger partial charge in [-0.05, 0) is 38.0 Å². The van der Waals surface area contributed by atoms with E-state index in [-0.39, 0.29) is 5.54 Å². The van der Waals surface area contributed by atoms with E-state index >= 15 is 0 Å². The number of hydrogen-bond acceptors (Lipinski definition) is 2. The molecule has 0 bridgehead atoms. The van der Waals surface area contributed by atoms with Crippen LogP contribution >= 0.6 is 0 Å². The molecule has 80 valence electrons. The molecule has 15 heavy (non-hydrogen) atoms. The molecule has 1 aromatic heterocycles. The van der Waals surface area contributed by atoms with Gasteiger partial charge in [0.25, 0.3) is 0 Å². The molecule has 0 aliphatic rings. The zero-order chi connectivity index (χ0) is 11.1. The van der Waals surface area contributed by atoms with E-state index in [1.807, 2.05) is 13.0 Å². The third-order valence-corrected chi connectivity index (χ3v) is 2.91. The van der Waals surface area contributed by atoms with Crippen LogP contribution in [0.2, 0.25) is 0 Å². The Balaban J connectivity index is 2.56. The molecule has 0 saturated carbocycles. The van der Waals surface area contributed by atoms with Crippen molar-refractivity contribution in [2.75, 3.05) is 0 Å². The first-order chi connectivity index (χ1) is 7.03. The van der Waals surface area contributed by atoms with Gasteiger partial charge in [0.1, 0.15) is 5.82 Å². The van der Waals surface area contributed by atoms with E-state index in [1.54, 1.807) is 0 Å². The van der Waals surface area contributed by atoms with E-state index < -0.39 is 0 Å². The van der Waals surface area contributed by atoms with Crippen molar-refractivity contribution in [2.24, 2.45) is 5.73 Å². The largest absolute Gasteiger partial charge is 0.340 e. The van der Waals surface area contributed by atoms with Crippen molar-refractivity contribution in [3.8, 4) is 0 Å². The number of aromatic nitrogens is 2. The fraction of sp³-hybridized carbons (Fsp3) is 0.417. The molecule has 1 unspecified atom stereocenters. The predicted molar refractivity (Wildman–Crippen MR) is 62.7 cm³/mol. The van der Waals surface area contributed by atoms with Crippen LogP contribution in [-0.2, 0) is 5.54 Å². The summed E-state index contributed by atoms with van der Waals surface area (Å²) in [5.74, 6) is 0.866. The fourth-order valence-electron chi connectivity index (χ4n) is 1.56. The molecule has 1 atom stereocenters. The normalized spacial score (nSPS) is 15.5. The average molecular weight is 203 g/mol. The fourth-order valence-corrected chi connectivity index (χ4v) is 1.56. The predicted octanol–water partition coefficient (Wildman–Crippen LogP) is 2.46. The Bertz CT molecular complexity index is 483. The lowest BCUT2D eigenvalue weighted by molar-refractivity contribution is 0.451. The Hall–Kier alpha value is -1.35. The summed E-state index contributed by atoms with van der Waals surface area (Å²) < 4.78 is 0. The van der Waals surface area contributed by atoms with Gasteiger partial charge in [-0.1, -0.05) is 13.0 Å². The van der Waals surface area contributed by atoms with Gasteiger partial charge in [-0.3, -0.25) is 0 Å². The number of nitrogens with zero attached hydrogens (tertiary/aromatic N) is 1. The van der Waals surface area contributed by atoms with Crippen LogP contribution < -0.4 is 5.73 Å². The number of benzene rings is 1. The Morgan fingerprint density at radius 3 is 2.87 bits per heavy atom. The highest BCUT2D eigenvalue weighted by Gasteiger charge is 2.22. The smallest absolute Gasteiger partial charge is 0.127 e. The number of nitrogens with two attached hydrogens (primary N) is 1. The summed E-state index contributed by atoms with van der Waals surface area (Å²) in [6, 6.07) is 6.18. The van der Waals surface area contributed by atoms with Crippen molar-refractivity contribution in [3.63, 3.8) is 0 Å². The first-order valence-electron chi connectivity index (χ1n) is 5.28. The lowest BCUT2D eigenvalue weighted by atomic mass is 10.0. The van der Waals surface area contributed by atoms with Crippen LogP contribution in [0.25, 0.3) is 11.0 Å². The topological polar surface area (TPSA) is 54.7 Å². The summed E-state index contributed by atoms with van der Waals surface area (Å²) >= 11 is 0. The van der Waals surface area contributed by atoms with Crippen LogP contribution in [0.15, 0.2) is 18.2 Å². The highest BCUT2D eigenvalue weighted by Crippen LogP contribution is 2.22. The highest BCUT2D eigenvalue weighted by atomic mass is 15.0. The number of nitrogens with one attached hydrogen (secondary N) is 1. The number of imidazole rings is 1. The molecular formula is C12H17N3. The molecule has 0 fully saturated rings. The first kappa shape index (κ1) is 10.2. The summed E-state index contributed by atoms with van der Waals surface area (Å²) in [5, 5.41) is 0. The molecule has 1 heterocycles. The Morgan fingerprint density at radius 2 is 2.20 bits per heavy atom. The van der Waals surface area contributed by atoms with E-state index in [2.05, 4.69) is 35.9 Å². The highest BCUT2D eigenvalue weighted by molar-refractivity contribution is 5.76. The molecule has 0 aliphatic carbocycles. The third kappa shape index (κ3) is 1.75. The molecule has 3 heteroatoms. The molecule has 2 aromatic rings. The van der Waals surface area contributed by atoms with Gasteiger partial charge in [0.05, 0.1) is 16.6 Å². The van der Waals surface area contributed by atoms with E-state index in [1.165, 1.54) is 5.56 Å². The van der Waals surface area contributed by atoms with Gasteiger partial charge in [0.15, 0.2) is 0 Å². The molecular weight excluding hydrogens is 186 g/mol. The minimum Gasteiger partial charge on any atom is -0.340 e. The van der Waals surface area contributed by atoms with Gasteiger partial charge in [-0.2, -0.15) is 0 Å². The van der Waals surface area contributed by atoms with Crippen LogP contribution in [0.1, 0.15) is 31.7 Å². The second kappa shape index (κ2) is 3.35. The molecule has 0 spiro atoms. The number of H-pyrrole nitrogens is 1. The Labute approximate surface area is 89.7 Å². The number of aryl methyl sites for hydroxylation is 1. The summed E-state index contributed by atoms with van der Waals surface area (Å²) in [6.45, 7) is 6.14. The minimum absolute atomic E-state index is 0.368. The third-order valence-electron chi connectivity index (χ3n) is 2.91. The van der Waals surface area contributed by atoms with Gasteiger partial charge < -0.3 is 10.7 Å². The maximum absolute atomic E-state index is 6.15. The van der Waals surface area contributed by atoms with Crippen molar-refractivity contribution in [3.05, 3.63) is 29.6 Å². The van der Waals surface area contributed by atoms with E-state index in [0.717, 1.165) is 23.3 Å². The van der Waals surface area contributed by atoms with Crippen molar-refractivity contribution < 1.29 is 0 Å². The van der Waals surface area contributed by atoms with Crippen molar-refractivity contribution >= 4 is 11.0 Å². The summed E-state index contributed by atoms with van der Waals surface area (Å²) in [4.78, 5) is 7.81. The maximum atomic E-state index is 6.15. The maximum Gasteiger partial charge on any atom is 0.127 e. The number of aromatic amines is 1. The molecule has 3 N–H and O–H groups in total. The molecule has 3 nitrogen and oxygen atoms in total. The van der Waals surface area contributed by atoms with Crippen molar-refractivity contribution in [2.45, 2.75) is 32.7 Å². The van der Waals surface area contributed by atoms with E-state index in [0.29, 0.717) is 0 Å². The van der Waals surface area contributed by atoms with Crippen LogP contribution in [0, 0.1) is 6.92 Å². The molecule has 0 saturated heterocycles. The lowest BCUT2D eigenvalue weighted by Gasteiger charge is -2.19. The summed E-state index contributed by atoms with van der Waals surface area (Å²) in [7, 11) is 0. The quantitative estimate of drug-likeness (QED) is 0.787. The van der Waals surface area contributed by atoms with Crippen molar-refractivity contribution in [1.82, 2.24) is 9.97 Å². The molecule has 0 radical (unpaired) electrons. The molecule has 1 aromatic carbocycles. The van der Waals surface area contributed by atoms with Crippen LogP contribution in [-0.4, -0.2) is 9.97 Å². The van der Waals surface area contributed by atoms with Crippen LogP contribution in [0.4, 0.5) is 0 Å². The van der Waals surface area contributed by atoms with Gasteiger partial charge in [-0.25, -0.2) is 4.98 Å². The van der Waals surface area contributed by atoms with E-state index in [9.17, 15) is 0 Å². The lowest BCUT2D eigenvalue weighted by Crippen LogP contribution is -2.33. The standard InChI is InChI=1S/C12H17N3/c1-4-12(3,13)11-14-9-6-5-8(2)7-10(9)15-11/h5-7H,4,13H2,1-3H3,(H,14,15). The Morgan fingerprint density at radius 1 is 1.47 bits per heavy atom. The molecule has 2 rings (SSSR count). The van der Waals surface area contributed by atoms with Gasteiger partial charge in [0, 0.05) is 0 Å². The van der Waals surface area contributed by atoms with E-state index in [4.69, 9.17) is 5.73 Å². The Kier molecular flexibility index (Phi) is 2.27. The zero-order valence-corrected chi connectivity index (χ0v) is 9.46. The second-order valence-corrected chi connectivity index (χ2v) is 4.38. The first-order valence-corrected chi connectivity index (χ1v) is 5.28. The number of hydrogen-bond donors (Lipinski definition) is 2. The second-order valence-electron chi connectivity index (χ2n) is 4.38. The van der Waals surface area contributed by atoms with Crippen molar-refractivity contribution in [1.29, 1.82) is 0 Å². The minimum atomic E-state index is -0.368. The van der Waals surface area contributed by atoms with Gasteiger partial charge >= 0.3 is 0 Å². The zero-order valence-electron chi connectivity index (χ0n) is 9.46. The monoisotopic (exact) mass is 203 g/mol. The number of rotatable bonds is 2. The molecule has 0 amide bonds. The molecule has 0 aliphatic heterocycles. The van der Waals surface area contributed by atoms with Crippen LogP contribution in [0.5, 0.6) is 0 Å². The van der Waals surface area contributed by atoms with Crippen LogP contribution in [0.3, 0.4) is 0 Å². The SMILES string of the molecule is CCC(C)(N)c1nc2ccc(C)cc2[nH]1. The van der Waals surface area contributed by atoms with Gasteiger partial charge in [-0.15, -0.1) is 0 Å². The summed E-state index contributed by atoms with van der Waals surface area (Å²) in [6.07, 6.45) is 0.867. The number of fused-ring (bicyclic) bond motifs is 1. The average Bonchev–Trinajstić information content (AvgIpc) is 2.61. The summed E-state index contributed by atoms with van der Waals surface area (Å²) in [5.41, 5.74) is 9.06. The van der Waals surface area contributed by atoms with Gasteiger partial charge in [0.2, 0.25) is 0 Å².